The van der Waals surface area contributed by atoms with Crippen molar-refractivity contribution in [1.29, 1.82) is 0 Å². The largest absolute Gasteiger partial charge is 0.396 e. The van der Waals surface area contributed by atoms with Crippen LogP contribution in [0.25, 0.3) is 0 Å². The third kappa shape index (κ3) is 36.5. The van der Waals surface area contributed by atoms with E-state index in [-0.39, 0.29) is 0 Å². The predicted molar refractivity (Wildman–Crippen MR) is 153 cm³/mol. The average molecular weight is 483 g/mol. The molecule has 1 N–H and O–H groups in total. The van der Waals surface area contributed by atoms with Gasteiger partial charge in [0.05, 0.1) is 13.2 Å². The molecule has 0 bridgehead atoms. The topological polar surface area (TPSA) is 32.8 Å². The van der Waals surface area contributed by atoms with Gasteiger partial charge in [0.1, 0.15) is 0 Å². The zero-order valence-electron chi connectivity index (χ0n) is 23.8. The van der Waals surface area contributed by atoms with E-state index in [1.165, 1.54) is 173 Å². The highest BCUT2D eigenvalue weighted by Gasteiger charge is 1.96. The van der Waals surface area contributed by atoms with Crippen molar-refractivity contribution in [1.82, 2.24) is 0 Å². The molecule has 1 rings (SSSR count). The molecule has 0 radical (unpaired) electrons. The minimum Gasteiger partial charge on any atom is -0.396 e. The Morgan fingerprint density at radius 2 is 0.529 bits per heavy atom. The number of hydrogen-bond donors (Lipinski definition) is 1. The number of aliphatic hydroxyl groups excluding tert-OH is 1. The molecule has 0 spiro atoms. The van der Waals surface area contributed by atoms with Gasteiger partial charge in [-0.25, -0.2) is 0 Å². The summed E-state index contributed by atoms with van der Waals surface area (Å²) in [6.07, 6.45) is 40.1. The van der Waals surface area contributed by atoms with Crippen molar-refractivity contribution in [3.8, 4) is 0 Å². The van der Waals surface area contributed by atoms with E-state index in [0.29, 0.717) is 6.61 Å². The first-order valence-corrected chi connectivity index (χ1v) is 16.1. The van der Waals surface area contributed by atoms with E-state index in [2.05, 4.69) is 11.7 Å². The summed E-state index contributed by atoms with van der Waals surface area (Å²) in [7, 11) is 0. The molecule has 34 heavy (non-hydrogen) atoms. The van der Waals surface area contributed by atoms with Gasteiger partial charge in [0.15, 0.2) is 0 Å². The van der Waals surface area contributed by atoms with Gasteiger partial charge in [-0.3, -0.25) is 0 Å². The molecular weight excluding hydrogens is 416 g/mol. The number of ether oxygens (including phenoxy) is 1. The lowest BCUT2D eigenvalue weighted by Crippen LogP contribution is -1.85. The van der Waals surface area contributed by atoms with Gasteiger partial charge < -0.3 is 9.84 Å². The lowest BCUT2D eigenvalue weighted by atomic mass is 10.0. The highest BCUT2D eigenvalue weighted by Crippen LogP contribution is 2.16. The molecule has 0 amide bonds. The molecule has 1 aliphatic heterocycles. The van der Waals surface area contributed by atoms with Crippen LogP contribution in [0.4, 0.5) is 0 Å². The second-order valence-corrected chi connectivity index (χ2v) is 10.9. The van der Waals surface area contributed by atoms with Crippen molar-refractivity contribution in [2.75, 3.05) is 19.8 Å². The van der Waals surface area contributed by atoms with E-state index in [4.69, 9.17) is 5.11 Å². The van der Waals surface area contributed by atoms with Crippen LogP contribution < -0.4 is 0 Å². The van der Waals surface area contributed by atoms with E-state index in [1.807, 2.05) is 0 Å². The number of unbranched alkanes of at least 4 members (excludes halogenated alkanes) is 27. The summed E-state index contributed by atoms with van der Waals surface area (Å²) in [4.78, 5) is 0. The Labute approximate surface area is 216 Å². The summed E-state index contributed by atoms with van der Waals surface area (Å²) in [6, 6.07) is 0. The number of rotatable bonds is 28. The third-order valence-corrected chi connectivity index (χ3v) is 7.22. The highest BCUT2D eigenvalue weighted by atomic mass is 16.6. The molecule has 1 aliphatic rings. The molecular formula is C32H66O2. The molecule has 2 heteroatoms. The Morgan fingerprint density at radius 3 is 0.676 bits per heavy atom. The van der Waals surface area contributed by atoms with Gasteiger partial charge >= 0.3 is 0 Å². The second-order valence-electron chi connectivity index (χ2n) is 10.9. The van der Waals surface area contributed by atoms with Gasteiger partial charge in [-0.05, 0) is 6.42 Å². The zero-order chi connectivity index (χ0) is 24.6. The lowest BCUT2D eigenvalue weighted by Gasteiger charge is -2.04. The summed E-state index contributed by atoms with van der Waals surface area (Å²) >= 11 is 0. The van der Waals surface area contributed by atoms with Gasteiger partial charge in [-0.1, -0.05) is 180 Å². The first kappa shape index (κ1) is 33.9. The van der Waals surface area contributed by atoms with Crippen molar-refractivity contribution >= 4 is 0 Å². The smallest absolute Gasteiger partial charge is 0.0701 e. The van der Waals surface area contributed by atoms with Crippen LogP contribution >= 0.6 is 0 Å². The molecule has 206 valence electrons. The number of aliphatic hydroxyl groups is 1. The Bertz CT molecular complexity index is 298. The van der Waals surface area contributed by atoms with Gasteiger partial charge in [0.2, 0.25) is 0 Å². The maximum Gasteiger partial charge on any atom is 0.0701 e. The Kier molecular flexibility index (Phi) is 32.8. The molecule has 0 aromatic rings. The normalized spacial score (nSPS) is 12.5. The monoisotopic (exact) mass is 483 g/mol. The Morgan fingerprint density at radius 1 is 0.353 bits per heavy atom. The van der Waals surface area contributed by atoms with E-state index in [1.54, 1.807) is 0 Å². The summed E-state index contributed by atoms with van der Waals surface area (Å²) in [6.45, 7) is 4.68. The van der Waals surface area contributed by atoms with Gasteiger partial charge in [0.25, 0.3) is 0 Å². The average Bonchev–Trinajstić information content (AvgIpc) is 3.73. The van der Waals surface area contributed by atoms with Crippen molar-refractivity contribution in [2.45, 2.75) is 187 Å². The molecule has 2 nitrogen and oxygen atoms in total. The lowest BCUT2D eigenvalue weighted by molar-refractivity contribution is 0.282. The fourth-order valence-electron chi connectivity index (χ4n) is 4.78. The number of epoxide rings is 1. The van der Waals surface area contributed by atoms with E-state index in [9.17, 15) is 0 Å². The van der Waals surface area contributed by atoms with Crippen LogP contribution in [-0.4, -0.2) is 24.9 Å². The maximum absolute atomic E-state index is 8.76. The molecule has 0 saturated carbocycles. The Hall–Kier alpha value is -0.0800. The maximum atomic E-state index is 8.76. The van der Waals surface area contributed by atoms with Crippen LogP contribution in [0.15, 0.2) is 0 Å². The minimum atomic E-state index is 0.374. The van der Waals surface area contributed by atoms with Crippen LogP contribution in [0, 0.1) is 0 Å². The first-order valence-electron chi connectivity index (χ1n) is 16.1. The van der Waals surface area contributed by atoms with E-state index >= 15 is 0 Å². The standard InChI is InChI=1S/C30H62O.C2H4O/c1-2-3-4-5-6-7-8-9-10-11-12-13-14-15-16-17-18-19-20-21-22-23-24-25-26-27-28-29-30-31;1-2-3-1/h31H,2-30H2,1H3;1-2H2. The fourth-order valence-corrected chi connectivity index (χ4v) is 4.78. The van der Waals surface area contributed by atoms with Crippen LogP contribution in [0.3, 0.4) is 0 Å². The summed E-state index contributed by atoms with van der Waals surface area (Å²) in [5, 5.41) is 8.76. The molecule has 0 aromatic heterocycles. The van der Waals surface area contributed by atoms with E-state index < -0.39 is 0 Å². The molecule has 0 aliphatic carbocycles. The molecule has 1 heterocycles. The van der Waals surface area contributed by atoms with E-state index in [0.717, 1.165) is 19.6 Å². The van der Waals surface area contributed by atoms with Crippen LogP contribution in [-0.2, 0) is 4.74 Å². The zero-order valence-corrected chi connectivity index (χ0v) is 23.8. The van der Waals surface area contributed by atoms with Crippen LogP contribution in [0.1, 0.15) is 187 Å². The molecule has 1 saturated heterocycles. The number of hydrogen-bond acceptors (Lipinski definition) is 2. The summed E-state index contributed by atoms with van der Waals surface area (Å²) in [5.74, 6) is 0. The van der Waals surface area contributed by atoms with Crippen molar-refractivity contribution < 1.29 is 9.84 Å². The third-order valence-electron chi connectivity index (χ3n) is 7.22. The quantitative estimate of drug-likeness (QED) is 0.0888. The van der Waals surface area contributed by atoms with Crippen molar-refractivity contribution in [3.63, 3.8) is 0 Å². The van der Waals surface area contributed by atoms with Crippen LogP contribution in [0.5, 0.6) is 0 Å². The van der Waals surface area contributed by atoms with Crippen LogP contribution in [0.2, 0.25) is 0 Å². The Balaban J connectivity index is 0.00000333. The highest BCUT2D eigenvalue weighted by molar-refractivity contribution is 4.52. The first-order chi connectivity index (χ1) is 16.9. The minimum absolute atomic E-state index is 0.374. The SMILES string of the molecule is C1CO1.CCCCCCCCCCCCCCCCCCCCCCCCCCCCCCO. The predicted octanol–water partition coefficient (Wildman–Crippen LogP) is 10.9. The van der Waals surface area contributed by atoms with Gasteiger partial charge in [0, 0.05) is 6.61 Å². The summed E-state index contributed by atoms with van der Waals surface area (Å²) in [5.41, 5.74) is 0. The van der Waals surface area contributed by atoms with Crippen molar-refractivity contribution in [2.24, 2.45) is 0 Å². The summed E-state index contributed by atoms with van der Waals surface area (Å²) < 4.78 is 4.50. The van der Waals surface area contributed by atoms with Crippen molar-refractivity contribution in [3.05, 3.63) is 0 Å². The molecule has 0 unspecified atom stereocenters. The molecule has 1 fully saturated rings. The molecule has 0 atom stereocenters. The second kappa shape index (κ2) is 32.9. The molecule has 0 aromatic carbocycles. The van der Waals surface area contributed by atoms with Gasteiger partial charge in [-0.15, -0.1) is 0 Å². The fraction of sp³-hybridized carbons (Fsp3) is 1.00. The van der Waals surface area contributed by atoms with Gasteiger partial charge in [-0.2, -0.15) is 0 Å².